The second kappa shape index (κ2) is 4.47. The number of aromatic amines is 2. The summed E-state index contributed by atoms with van der Waals surface area (Å²) in [4.78, 5) is 26.9. The number of ether oxygens (including phenoxy) is 1. The lowest BCUT2D eigenvalue weighted by molar-refractivity contribution is -0.0512. The lowest BCUT2D eigenvalue weighted by Crippen LogP contribution is -2.30. The van der Waals surface area contributed by atoms with Crippen LogP contribution in [0.5, 0.6) is 0 Å². The van der Waals surface area contributed by atoms with E-state index in [1.54, 1.807) is 0 Å². The molecule has 1 aliphatic heterocycles. The summed E-state index contributed by atoms with van der Waals surface area (Å²) in [5.74, 6) is 0. The summed E-state index contributed by atoms with van der Waals surface area (Å²) in [6.45, 7) is -0.582. The number of hydrogen-bond donors (Lipinski definition) is 4. The molecule has 0 radical (unpaired) electrons. The first-order valence-electron chi connectivity index (χ1n) is 5.69. The topological polar surface area (TPSA) is 146 Å². The number of aliphatic hydroxyl groups is 2. The van der Waals surface area contributed by atoms with E-state index in [1.165, 1.54) is 0 Å². The van der Waals surface area contributed by atoms with Crippen molar-refractivity contribution in [1.29, 1.82) is 0 Å². The van der Waals surface area contributed by atoms with Gasteiger partial charge in [0, 0.05) is 0 Å². The number of fused-ring (bicyclic) bond motifs is 1. The number of rotatable bonds is 2. The van der Waals surface area contributed by atoms with Gasteiger partial charge in [0.2, 0.25) is 0 Å². The molecule has 4 atom stereocenters. The van der Waals surface area contributed by atoms with Gasteiger partial charge in [0.25, 0.3) is 5.56 Å². The standard InChI is InChI=1S/C9H10FN5O5/c10-3-5(17)2(1-16)20-8(3)15-6-4(13-14-15)7(18)12-9(19)11-6/h2-3,5,8,16-17H,1H2,(H2,11,12,18,19)/t2-,3+,5-,8-/m1/s1. The molecule has 3 heterocycles. The van der Waals surface area contributed by atoms with Crippen LogP contribution in [0.4, 0.5) is 4.39 Å². The first kappa shape index (κ1) is 12.9. The van der Waals surface area contributed by atoms with Gasteiger partial charge in [0.05, 0.1) is 6.61 Å². The summed E-state index contributed by atoms with van der Waals surface area (Å²) >= 11 is 0. The van der Waals surface area contributed by atoms with Crippen molar-refractivity contribution in [3.8, 4) is 0 Å². The number of nitrogens with zero attached hydrogens (tertiary/aromatic N) is 3. The van der Waals surface area contributed by atoms with Gasteiger partial charge in [-0.1, -0.05) is 5.21 Å². The van der Waals surface area contributed by atoms with Gasteiger partial charge >= 0.3 is 5.69 Å². The molecule has 1 aliphatic rings. The summed E-state index contributed by atoms with van der Waals surface area (Å²) in [7, 11) is 0. The Bertz CT molecular complexity index is 753. The smallest absolute Gasteiger partial charge is 0.327 e. The molecule has 3 rings (SSSR count). The minimum Gasteiger partial charge on any atom is -0.394 e. The molecule has 4 N–H and O–H groups in total. The van der Waals surface area contributed by atoms with Crippen LogP contribution in [0.15, 0.2) is 9.59 Å². The van der Waals surface area contributed by atoms with E-state index >= 15 is 0 Å². The third kappa shape index (κ3) is 1.75. The first-order valence-corrected chi connectivity index (χ1v) is 5.69. The molecule has 20 heavy (non-hydrogen) atoms. The normalized spacial score (nSPS) is 30.1. The van der Waals surface area contributed by atoms with E-state index < -0.39 is 42.5 Å². The summed E-state index contributed by atoms with van der Waals surface area (Å²) in [6.07, 6.45) is -5.95. The Morgan fingerprint density at radius 3 is 2.80 bits per heavy atom. The monoisotopic (exact) mass is 287 g/mol. The molecule has 10 nitrogen and oxygen atoms in total. The summed E-state index contributed by atoms with van der Waals surface area (Å²) < 4.78 is 19.9. The molecular weight excluding hydrogens is 277 g/mol. The average molecular weight is 287 g/mol. The van der Waals surface area contributed by atoms with Crippen LogP contribution in [0.2, 0.25) is 0 Å². The maximum absolute atomic E-state index is 14.0. The molecule has 0 saturated carbocycles. The molecule has 0 amide bonds. The van der Waals surface area contributed by atoms with Crippen LogP contribution in [-0.2, 0) is 4.74 Å². The van der Waals surface area contributed by atoms with Crippen molar-refractivity contribution in [2.45, 2.75) is 24.6 Å². The summed E-state index contributed by atoms with van der Waals surface area (Å²) in [5.41, 5.74) is -1.90. The molecule has 108 valence electrons. The molecular formula is C9H10FN5O5. The molecule has 0 aliphatic carbocycles. The fourth-order valence-electron chi connectivity index (χ4n) is 2.09. The Morgan fingerprint density at radius 2 is 2.15 bits per heavy atom. The fourth-order valence-corrected chi connectivity index (χ4v) is 2.09. The average Bonchev–Trinajstić information content (AvgIpc) is 2.93. The Kier molecular flexibility index (Phi) is 2.88. The zero-order valence-corrected chi connectivity index (χ0v) is 9.86. The lowest BCUT2D eigenvalue weighted by Gasteiger charge is -2.12. The molecule has 2 aromatic heterocycles. The fraction of sp³-hybridized carbons (Fsp3) is 0.556. The Labute approximate surface area is 108 Å². The number of alkyl halides is 1. The van der Waals surface area contributed by atoms with Crippen LogP contribution in [0.1, 0.15) is 6.23 Å². The number of aliphatic hydroxyl groups excluding tert-OH is 2. The van der Waals surface area contributed by atoms with Crippen LogP contribution in [-0.4, -0.2) is 60.2 Å². The number of nitrogens with one attached hydrogen (secondary N) is 2. The van der Waals surface area contributed by atoms with Gasteiger partial charge < -0.3 is 14.9 Å². The highest BCUT2D eigenvalue weighted by atomic mass is 19.1. The van der Waals surface area contributed by atoms with E-state index in [0.29, 0.717) is 0 Å². The van der Waals surface area contributed by atoms with E-state index in [0.717, 1.165) is 4.68 Å². The number of halogens is 1. The Morgan fingerprint density at radius 1 is 1.40 bits per heavy atom. The van der Waals surface area contributed by atoms with E-state index in [9.17, 15) is 19.1 Å². The summed E-state index contributed by atoms with van der Waals surface area (Å²) in [6, 6.07) is 0. The minimum absolute atomic E-state index is 0.128. The number of H-pyrrole nitrogens is 2. The largest absolute Gasteiger partial charge is 0.394 e. The van der Waals surface area contributed by atoms with Gasteiger partial charge in [-0.3, -0.25) is 14.8 Å². The predicted octanol–water partition coefficient (Wildman–Crippen LogP) is -2.60. The molecule has 0 aromatic carbocycles. The molecule has 2 aromatic rings. The van der Waals surface area contributed by atoms with Gasteiger partial charge in [-0.2, -0.15) is 4.68 Å². The first-order chi connectivity index (χ1) is 9.52. The Hall–Kier alpha value is -2.11. The van der Waals surface area contributed by atoms with Crippen LogP contribution in [0.3, 0.4) is 0 Å². The van der Waals surface area contributed by atoms with Crippen LogP contribution >= 0.6 is 0 Å². The van der Waals surface area contributed by atoms with Gasteiger partial charge in [-0.05, 0) is 0 Å². The maximum Gasteiger partial charge on any atom is 0.327 e. The zero-order chi connectivity index (χ0) is 14.4. The molecule has 0 bridgehead atoms. The van der Waals surface area contributed by atoms with Gasteiger partial charge in [-0.15, -0.1) is 5.10 Å². The van der Waals surface area contributed by atoms with E-state index in [1.807, 2.05) is 4.98 Å². The number of hydrogen-bond acceptors (Lipinski definition) is 7. The number of aromatic nitrogens is 5. The third-order valence-electron chi connectivity index (χ3n) is 3.08. The minimum atomic E-state index is -1.89. The molecule has 1 fully saturated rings. The second-order valence-corrected chi connectivity index (χ2v) is 4.32. The second-order valence-electron chi connectivity index (χ2n) is 4.32. The SMILES string of the molecule is O=c1[nH]c(=O)c2nnn([C@@H]3O[C@H](CO)[C@@H](O)[C@@H]3F)c2[nH]1. The van der Waals surface area contributed by atoms with E-state index in [2.05, 4.69) is 15.3 Å². The van der Waals surface area contributed by atoms with Crippen molar-refractivity contribution in [1.82, 2.24) is 25.0 Å². The molecule has 1 saturated heterocycles. The zero-order valence-electron chi connectivity index (χ0n) is 9.86. The van der Waals surface area contributed by atoms with Crippen LogP contribution < -0.4 is 11.2 Å². The maximum atomic E-state index is 14.0. The third-order valence-corrected chi connectivity index (χ3v) is 3.08. The highest BCUT2D eigenvalue weighted by Gasteiger charge is 2.46. The van der Waals surface area contributed by atoms with Gasteiger partial charge in [0.15, 0.2) is 23.6 Å². The highest BCUT2D eigenvalue weighted by Crippen LogP contribution is 2.31. The van der Waals surface area contributed by atoms with Crippen molar-refractivity contribution in [3.05, 3.63) is 20.8 Å². The van der Waals surface area contributed by atoms with E-state index in [-0.39, 0.29) is 11.2 Å². The lowest BCUT2D eigenvalue weighted by atomic mass is 10.1. The molecule has 0 unspecified atom stereocenters. The van der Waals surface area contributed by atoms with Crippen molar-refractivity contribution >= 4 is 11.2 Å². The van der Waals surface area contributed by atoms with Crippen molar-refractivity contribution < 1.29 is 19.3 Å². The molecule has 0 spiro atoms. The summed E-state index contributed by atoms with van der Waals surface area (Å²) in [5, 5.41) is 25.6. The quantitative estimate of drug-likeness (QED) is 0.473. The Balaban J connectivity index is 2.12. The molecule has 11 heteroatoms. The van der Waals surface area contributed by atoms with Crippen molar-refractivity contribution in [2.24, 2.45) is 0 Å². The predicted molar refractivity (Wildman–Crippen MR) is 60.7 cm³/mol. The van der Waals surface area contributed by atoms with Gasteiger partial charge in [-0.25, -0.2) is 9.18 Å². The van der Waals surface area contributed by atoms with Crippen LogP contribution in [0, 0.1) is 0 Å². The van der Waals surface area contributed by atoms with E-state index in [4.69, 9.17) is 9.84 Å². The van der Waals surface area contributed by atoms with Crippen molar-refractivity contribution in [3.63, 3.8) is 0 Å². The highest BCUT2D eigenvalue weighted by molar-refractivity contribution is 5.67. The van der Waals surface area contributed by atoms with Crippen LogP contribution in [0.25, 0.3) is 11.2 Å². The van der Waals surface area contributed by atoms with Crippen molar-refractivity contribution in [2.75, 3.05) is 6.61 Å². The van der Waals surface area contributed by atoms with Gasteiger partial charge in [0.1, 0.15) is 12.2 Å².